The lowest BCUT2D eigenvalue weighted by atomic mass is 9.88. The second-order valence-electron chi connectivity index (χ2n) is 7.06. The number of nitrogens with one attached hydrogen (secondary N) is 3. The zero-order valence-electron chi connectivity index (χ0n) is 16.1. The fraction of sp³-hybridized carbons (Fsp3) is 0.429. The molecule has 2 aromatic rings. The number of carbonyl (C=O) groups is 2. The average molecular weight is 385 g/mol. The molecule has 1 saturated carbocycles. The van der Waals surface area contributed by atoms with Gasteiger partial charge in [-0.2, -0.15) is 0 Å². The van der Waals surface area contributed by atoms with Gasteiger partial charge in [-0.25, -0.2) is 4.79 Å². The van der Waals surface area contributed by atoms with Crippen molar-refractivity contribution in [2.24, 2.45) is 5.92 Å². The monoisotopic (exact) mass is 385 g/mol. The summed E-state index contributed by atoms with van der Waals surface area (Å²) in [5, 5.41) is 8.27. The highest BCUT2D eigenvalue weighted by molar-refractivity contribution is 6.02. The second-order valence-corrected chi connectivity index (χ2v) is 7.06. The van der Waals surface area contributed by atoms with E-state index in [1.807, 2.05) is 0 Å². The van der Waals surface area contributed by atoms with E-state index >= 15 is 0 Å². The Bertz CT molecular complexity index is 776. The van der Waals surface area contributed by atoms with E-state index in [9.17, 15) is 9.59 Å². The Morgan fingerprint density at radius 3 is 2.64 bits per heavy atom. The van der Waals surface area contributed by atoms with Crippen LogP contribution in [-0.4, -0.2) is 31.2 Å². The van der Waals surface area contributed by atoms with Gasteiger partial charge in [0, 0.05) is 17.9 Å². The van der Waals surface area contributed by atoms with E-state index in [1.54, 1.807) is 36.4 Å². The van der Waals surface area contributed by atoms with Gasteiger partial charge >= 0.3 is 6.03 Å². The first-order valence-corrected chi connectivity index (χ1v) is 9.73. The Balaban J connectivity index is 1.40. The van der Waals surface area contributed by atoms with Gasteiger partial charge in [0.15, 0.2) is 5.76 Å². The second kappa shape index (κ2) is 9.94. The standard InChI is InChI=1S/C21H27N3O4/c1-15-6-2-3-9-18(15)28-13-11-22-21(26)24-17-8-4-7-16(14-17)23-20(25)19-10-5-12-27-19/h4-5,7-8,10,12,14-15,18H,2-3,6,9,11,13H2,1H3,(H,23,25)(H2,22,24,26). The van der Waals surface area contributed by atoms with Crippen LogP contribution in [0.4, 0.5) is 16.2 Å². The summed E-state index contributed by atoms with van der Waals surface area (Å²) < 4.78 is 11.0. The number of rotatable bonds is 7. The lowest BCUT2D eigenvalue weighted by Crippen LogP contribution is -2.34. The minimum absolute atomic E-state index is 0.225. The third kappa shape index (κ3) is 5.85. The van der Waals surface area contributed by atoms with Crippen molar-refractivity contribution < 1.29 is 18.7 Å². The summed E-state index contributed by atoms with van der Waals surface area (Å²) in [5.74, 6) is 0.464. The molecule has 3 N–H and O–H groups in total. The fourth-order valence-electron chi connectivity index (χ4n) is 3.36. The maximum Gasteiger partial charge on any atom is 0.319 e. The van der Waals surface area contributed by atoms with Gasteiger partial charge in [0.05, 0.1) is 19.0 Å². The van der Waals surface area contributed by atoms with Gasteiger partial charge < -0.3 is 25.1 Å². The van der Waals surface area contributed by atoms with E-state index in [1.165, 1.54) is 25.5 Å². The van der Waals surface area contributed by atoms with E-state index in [0.717, 1.165) is 6.42 Å². The van der Waals surface area contributed by atoms with E-state index in [2.05, 4.69) is 22.9 Å². The van der Waals surface area contributed by atoms with Crippen molar-refractivity contribution in [2.45, 2.75) is 38.7 Å². The quantitative estimate of drug-likeness (QED) is 0.621. The Labute approximate surface area is 164 Å². The van der Waals surface area contributed by atoms with E-state index in [0.29, 0.717) is 36.5 Å². The SMILES string of the molecule is CC1CCCCC1OCCNC(=O)Nc1cccc(NC(=O)c2ccco2)c1. The van der Waals surface area contributed by atoms with Crippen LogP contribution in [0.2, 0.25) is 0 Å². The molecule has 1 fully saturated rings. The molecule has 150 valence electrons. The number of anilines is 2. The smallest absolute Gasteiger partial charge is 0.319 e. The van der Waals surface area contributed by atoms with Crippen LogP contribution in [0, 0.1) is 5.92 Å². The molecule has 2 atom stereocenters. The van der Waals surface area contributed by atoms with Gasteiger partial charge in [0.1, 0.15) is 0 Å². The predicted molar refractivity (Wildman–Crippen MR) is 107 cm³/mol. The minimum Gasteiger partial charge on any atom is -0.459 e. The Kier molecular flexibility index (Phi) is 7.08. The van der Waals surface area contributed by atoms with Gasteiger partial charge in [0.2, 0.25) is 0 Å². The first-order chi connectivity index (χ1) is 13.6. The highest BCUT2D eigenvalue weighted by Crippen LogP contribution is 2.26. The van der Waals surface area contributed by atoms with Crippen LogP contribution in [0.1, 0.15) is 43.2 Å². The van der Waals surface area contributed by atoms with Gasteiger partial charge in [-0.3, -0.25) is 4.79 Å². The van der Waals surface area contributed by atoms with Crippen LogP contribution in [0.5, 0.6) is 0 Å². The number of hydrogen-bond donors (Lipinski definition) is 3. The average Bonchev–Trinajstić information content (AvgIpc) is 3.22. The molecule has 1 heterocycles. The molecule has 1 aromatic heterocycles. The van der Waals surface area contributed by atoms with Crippen molar-refractivity contribution in [2.75, 3.05) is 23.8 Å². The Morgan fingerprint density at radius 2 is 1.89 bits per heavy atom. The molecule has 7 nitrogen and oxygen atoms in total. The van der Waals surface area contributed by atoms with Crippen LogP contribution < -0.4 is 16.0 Å². The molecule has 1 aliphatic carbocycles. The van der Waals surface area contributed by atoms with Crippen molar-refractivity contribution in [3.8, 4) is 0 Å². The molecule has 0 radical (unpaired) electrons. The number of benzene rings is 1. The topological polar surface area (TPSA) is 92.6 Å². The number of furan rings is 1. The first-order valence-electron chi connectivity index (χ1n) is 9.73. The summed E-state index contributed by atoms with van der Waals surface area (Å²) in [4.78, 5) is 24.1. The lowest BCUT2D eigenvalue weighted by Gasteiger charge is -2.28. The highest BCUT2D eigenvalue weighted by Gasteiger charge is 2.21. The first kappa shape index (κ1) is 19.9. The lowest BCUT2D eigenvalue weighted by molar-refractivity contribution is -0.00232. The molecule has 0 bridgehead atoms. The normalized spacial score (nSPS) is 19.0. The van der Waals surface area contributed by atoms with Crippen molar-refractivity contribution in [3.05, 3.63) is 48.4 Å². The molecule has 0 aliphatic heterocycles. The maximum absolute atomic E-state index is 12.1. The van der Waals surface area contributed by atoms with Crippen molar-refractivity contribution in [1.82, 2.24) is 5.32 Å². The van der Waals surface area contributed by atoms with E-state index in [4.69, 9.17) is 9.15 Å². The third-order valence-electron chi connectivity index (χ3n) is 4.88. The molecule has 1 aliphatic rings. The summed E-state index contributed by atoms with van der Waals surface area (Å²) >= 11 is 0. The molecule has 28 heavy (non-hydrogen) atoms. The zero-order valence-corrected chi connectivity index (χ0v) is 16.1. The Morgan fingerprint density at radius 1 is 1.11 bits per heavy atom. The highest BCUT2D eigenvalue weighted by atomic mass is 16.5. The van der Waals surface area contributed by atoms with Crippen molar-refractivity contribution in [3.63, 3.8) is 0 Å². The molecule has 3 amide bonds. The van der Waals surface area contributed by atoms with E-state index in [-0.39, 0.29) is 17.7 Å². The van der Waals surface area contributed by atoms with Crippen LogP contribution in [0.3, 0.4) is 0 Å². The summed E-state index contributed by atoms with van der Waals surface area (Å²) in [5.41, 5.74) is 1.14. The summed E-state index contributed by atoms with van der Waals surface area (Å²) in [7, 11) is 0. The van der Waals surface area contributed by atoms with Gasteiger partial charge in [-0.05, 0) is 49.1 Å². The summed E-state index contributed by atoms with van der Waals surface area (Å²) in [6.07, 6.45) is 6.55. The number of ether oxygens (including phenoxy) is 1. The molecule has 2 unspecified atom stereocenters. The maximum atomic E-state index is 12.1. The molecule has 3 rings (SSSR count). The minimum atomic E-state index is -0.347. The van der Waals surface area contributed by atoms with Gasteiger partial charge in [-0.1, -0.05) is 25.8 Å². The van der Waals surface area contributed by atoms with Crippen LogP contribution in [0.15, 0.2) is 47.1 Å². The third-order valence-corrected chi connectivity index (χ3v) is 4.88. The number of carbonyl (C=O) groups excluding carboxylic acids is 2. The van der Waals surface area contributed by atoms with Gasteiger partial charge in [-0.15, -0.1) is 0 Å². The zero-order chi connectivity index (χ0) is 19.8. The predicted octanol–water partition coefficient (Wildman–Crippen LogP) is 4.25. The van der Waals surface area contributed by atoms with Crippen LogP contribution in [0.25, 0.3) is 0 Å². The van der Waals surface area contributed by atoms with Crippen LogP contribution in [-0.2, 0) is 4.74 Å². The number of urea groups is 1. The largest absolute Gasteiger partial charge is 0.459 e. The Hall–Kier alpha value is -2.80. The number of amides is 3. The molecule has 1 aromatic carbocycles. The molecule has 7 heteroatoms. The van der Waals surface area contributed by atoms with E-state index < -0.39 is 0 Å². The molecule has 0 saturated heterocycles. The molecular formula is C21H27N3O4. The van der Waals surface area contributed by atoms with Crippen molar-refractivity contribution >= 4 is 23.3 Å². The molecule has 0 spiro atoms. The van der Waals surface area contributed by atoms with Crippen molar-refractivity contribution in [1.29, 1.82) is 0 Å². The summed E-state index contributed by atoms with van der Waals surface area (Å²) in [6.45, 7) is 3.17. The molecular weight excluding hydrogens is 358 g/mol. The summed E-state index contributed by atoms with van der Waals surface area (Å²) in [6, 6.07) is 9.85. The van der Waals surface area contributed by atoms with Gasteiger partial charge in [0.25, 0.3) is 5.91 Å². The van der Waals surface area contributed by atoms with Crippen LogP contribution >= 0.6 is 0 Å². The fourth-order valence-corrected chi connectivity index (χ4v) is 3.36. The number of hydrogen-bond acceptors (Lipinski definition) is 4.